The summed E-state index contributed by atoms with van der Waals surface area (Å²) in [5, 5.41) is 5.66. The molecule has 3 aromatic rings. The number of esters is 2. The summed E-state index contributed by atoms with van der Waals surface area (Å²) in [5.41, 5.74) is -0.534. The average molecular weight is 1150 g/mol. The molecule has 0 spiro atoms. The lowest BCUT2D eigenvalue weighted by atomic mass is 9.87. The maximum absolute atomic E-state index is 14.8. The van der Waals surface area contributed by atoms with Gasteiger partial charge in [0, 0.05) is 40.3 Å². The van der Waals surface area contributed by atoms with Gasteiger partial charge in [-0.05, 0) is 127 Å². The third kappa shape index (κ3) is 18.6. The van der Waals surface area contributed by atoms with Gasteiger partial charge in [-0.2, -0.15) is 0 Å². The first-order valence-electron chi connectivity index (χ1n) is 28.2. The van der Waals surface area contributed by atoms with E-state index in [1.165, 1.54) is 74.8 Å². The summed E-state index contributed by atoms with van der Waals surface area (Å²) in [6.07, 6.45) is 4.61. The average Bonchev–Trinajstić information content (AvgIpc) is 3.68. The standard InChI is InChI=1S/C62H84N6O15/c1-13-22-45-57(74)65(8)33-19-18-28-52(70)81-39-62(6,7)54(71)59(76)68-34-20-17-27-46(68)60(77)83-48(31-29-41-30-32-49(78-11)50(35-41)79-12)43-25-21-26-44(36-43)80-38-51(69)66(9)40(2)55(72)64-53(42-23-15-14-16-24-42)58(75)67(10)47(56(73)63-45)37-82-61(3,4)5/h14-16,18,21,23-26,28,30,32,35-36,40,45-48,53H,13,17,19-20,22,27,29,31,33-34,37-39H2,1-12H3,(H,63,73)(H,64,72)/t40-,45-,46-,47-,48+,53?/m0/s1. The van der Waals surface area contributed by atoms with Gasteiger partial charge in [0.05, 0.1) is 31.8 Å². The minimum Gasteiger partial charge on any atom is -0.493 e. The molecule has 0 aliphatic carbocycles. The van der Waals surface area contributed by atoms with Crippen LogP contribution in [0.2, 0.25) is 0 Å². The summed E-state index contributed by atoms with van der Waals surface area (Å²) in [6, 6.07) is 14.6. The van der Waals surface area contributed by atoms with E-state index >= 15 is 0 Å². The number of ketones is 1. The second-order valence-corrected chi connectivity index (χ2v) is 22.6. The first kappa shape index (κ1) is 66.0. The Kier molecular flexibility index (Phi) is 24.2. The number of piperidine rings is 1. The highest BCUT2D eigenvalue weighted by Crippen LogP contribution is 2.33. The molecule has 5 rings (SSSR count). The SMILES string of the molecule is CCC[C@@H]1NC(=O)[C@H](COC(C)(C)C)N(C)C(=O)C(c2ccccc2)NC(=O)[C@H](C)N(C)C(=O)COc2cccc(c2)[C@@H](CCc2ccc(OC)c(OC)c2)OC(=O)[C@@H]2CCCCN2C(=O)C(=O)C(C)(C)COC(=O)C=CCCN(C)C1=O. The maximum Gasteiger partial charge on any atom is 0.330 e. The number of rotatable bonds is 10. The maximum atomic E-state index is 14.8. The minimum absolute atomic E-state index is 0.101. The first-order valence-corrected chi connectivity index (χ1v) is 28.2. The fourth-order valence-corrected chi connectivity index (χ4v) is 9.38. The zero-order valence-electron chi connectivity index (χ0n) is 50.2. The molecule has 1 unspecified atom stereocenters. The van der Waals surface area contributed by atoms with E-state index in [4.69, 9.17) is 28.4 Å². The van der Waals surface area contributed by atoms with Gasteiger partial charge in [0.15, 0.2) is 18.1 Å². The van der Waals surface area contributed by atoms with Crippen LogP contribution in [-0.2, 0) is 63.8 Å². The van der Waals surface area contributed by atoms with Gasteiger partial charge in [0.2, 0.25) is 29.4 Å². The number of nitrogens with zero attached hydrogens (tertiary/aromatic N) is 4. The molecule has 0 aromatic heterocycles. The molecule has 21 nitrogen and oxygen atoms in total. The highest BCUT2D eigenvalue weighted by atomic mass is 16.5. The van der Waals surface area contributed by atoms with Crippen LogP contribution in [0.4, 0.5) is 0 Å². The van der Waals surface area contributed by atoms with Gasteiger partial charge in [-0.1, -0.05) is 68.0 Å². The van der Waals surface area contributed by atoms with Gasteiger partial charge in [0.25, 0.3) is 11.8 Å². The third-order valence-electron chi connectivity index (χ3n) is 14.7. The molecule has 0 radical (unpaired) electrons. The monoisotopic (exact) mass is 1150 g/mol. The molecular formula is C62H84N6O15. The van der Waals surface area contributed by atoms with Crippen LogP contribution in [0.3, 0.4) is 0 Å². The number of benzene rings is 3. The molecule has 3 aromatic carbocycles. The Morgan fingerprint density at radius 2 is 1.45 bits per heavy atom. The molecule has 2 aliphatic rings. The summed E-state index contributed by atoms with van der Waals surface area (Å²) >= 11 is 0. The zero-order chi connectivity index (χ0) is 61.2. The largest absolute Gasteiger partial charge is 0.493 e. The van der Waals surface area contributed by atoms with Crippen LogP contribution in [0.25, 0.3) is 0 Å². The molecule has 83 heavy (non-hydrogen) atoms. The van der Waals surface area contributed by atoms with Crippen molar-refractivity contribution in [1.82, 2.24) is 30.2 Å². The Hall–Kier alpha value is -7.81. The van der Waals surface area contributed by atoms with Crippen molar-refractivity contribution >= 4 is 53.2 Å². The summed E-state index contributed by atoms with van der Waals surface area (Å²) in [6.45, 7) is 10.6. The molecule has 2 N–H and O–H groups in total. The number of nitrogens with one attached hydrogen (secondary N) is 2. The number of ether oxygens (including phenoxy) is 6. The van der Waals surface area contributed by atoms with Crippen molar-refractivity contribution < 1.29 is 71.6 Å². The normalized spacial score (nSPS) is 23.0. The van der Waals surface area contributed by atoms with Crippen LogP contribution >= 0.6 is 0 Å². The number of methoxy groups -OCH3 is 2. The van der Waals surface area contributed by atoms with Gasteiger partial charge < -0.3 is 58.7 Å². The Labute approximate surface area is 487 Å². The fraction of sp³-hybridized carbons (Fsp3) is 0.532. The van der Waals surface area contributed by atoms with Crippen molar-refractivity contribution in [2.45, 2.75) is 142 Å². The highest BCUT2D eigenvalue weighted by Gasteiger charge is 2.43. The van der Waals surface area contributed by atoms with Crippen LogP contribution in [0.1, 0.15) is 122 Å². The van der Waals surface area contributed by atoms with Gasteiger partial charge in [0.1, 0.15) is 48.7 Å². The molecule has 2 aliphatic heterocycles. The highest BCUT2D eigenvalue weighted by molar-refractivity contribution is 6.38. The number of carbonyl (C=O) groups is 9. The Balaban J connectivity index is 1.50. The second kappa shape index (κ2) is 30.5. The first-order chi connectivity index (χ1) is 39.3. The lowest BCUT2D eigenvalue weighted by Gasteiger charge is -2.36. The molecular weight excluding hydrogens is 1070 g/mol. The van der Waals surface area contributed by atoms with Crippen molar-refractivity contribution in [3.05, 3.63) is 102 Å². The van der Waals surface area contributed by atoms with E-state index in [9.17, 15) is 43.2 Å². The van der Waals surface area contributed by atoms with Crippen molar-refractivity contribution in [3.8, 4) is 17.2 Å². The number of hydrogen-bond donors (Lipinski definition) is 2. The Morgan fingerprint density at radius 3 is 2.12 bits per heavy atom. The second-order valence-electron chi connectivity index (χ2n) is 22.6. The van der Waals surface area contributed by atoms with Crippen molar-refractivity contribution in [2.75, 3.05) is 68.3 Å². The van der Waals surface area contributed by atoms with E-state index in [0.717, 1.165) is 11.6 Å². The van der Waals surface area contributed by atoms with E-state index in [-0.39, 0.29) is 51.1 Å². The number of cyclic esters (lactones) is 2. The lowest BCUT2D eigenvalue weighted by Crippen LogP contribution is -2.58. The van der Waals surface area contributed by atoms with Crippen LogP contribution < -0.4 is 24.8 Å². The summed E-state index contributed by atoms with van der Waals surface area (Å²) in [5.74, 6) is -5.16. The quantitative estimate of drug-likeness (QED) is 0.178. The van der Waals surface area contributed by atoms with E-state index in [0.29, 0.717) is 48.3 Å². The fourth-order valence-electron chi connectivity index (χ4n) is 9.38. The Morgan fingerprint density at radius 1 is 0.747 bits per heavy atom. The smallest absolute Gasteiger partial charge is 0.330 e. The molecule has 6 amide bonds. The summed E-state index contributed by atoms with van der Waals surface area (Å²) in [4.78, 5) is 132. The zero-order valence-corrected chi connectivity index (χ0v) is 50.2. The van der Waals surface area contributed by atoms with Crippen LogP contribution in [0, 0.1) is 5.41 Å². The van der Waals surface area contributed by atoms with Crippen LogP contribution in [0.15, 0.2) is 84.9 Å². The van der Waals surface area contributed by atoms with Crippen LogP contribution in [-0.4, -0.2) is 171 Å². The minimum atomic E-state index is -1.50. The predicted octanol–water partition coefficient (Wildman–Crippen LogP) is 5.87. The molecule has 2 heterocycles. The molecule has 1 saturated heterocycles. The molecule has 2 bridgehead atoms. The lowest BCUT2D eigenvalue weighted by molar-refractivity contribution is -0.165. The molecule has 1 fully saturated rings. The number of hydrogen-bond acceptors (Lipinski definition) is 15. The van der Waals surface area contributed by atoms with Gasteiger partial charge in [-0.15, -0.1) is 0 Å². The topological polar surface area (TPSA) is 246 Å². The molecule has 0 saturated carbocycles. The molecule has 21 heteroatoms. The summed E-state index contributed by atoms with van der Waals surface area (Å²) < 4.78 is 34.9. The van der Waals surface area contributed by atoms with Gasteiger partial charge in [-0.3, -0.25) is 33.6 Å². The van der Waals surface area contributed by atoms with Crippen molar-refractivity contribution in [2.24, 2.45) is 5.41 Å². The number of aryl methyl sites for hydroxylation is 1. The molecule has 452 valence electrons. The molecule has 6 atom stereocenters. The van der Waals surface area contributed by atoms with Crippen molar-refractivity contribution in [1.29, 1.82) is 0 Å². The summed E-state index contributed by atoms with van der Waals surface area (Å²) in [7, 11) is 7.43. The predicted molar refractivity (Wildman–Crippen MR) is 308 cm³/mol. The van der Waals surface area contributed by atoms with Gasteiger partial charge in [-0.25, -0.2) is 9.59 Å². The Bertz CT molecular complexity index is 2800. The number of amides is 6. The number of fused-ring (bicyclic) bond motifs is 3. The number of Topliss-reactive ketones (excluding diaryl/α,β-unsaturated/α-hetero) is 1. The van der Waals surface area contributed by atoms with Crippen molar-refractivity contribution in [3.63, 3.8) is 0 Å². The van der Waals surface area contributed by atoms with E-state index in [2.05, 4.69) is 10.6 Å². The van der Waals surface area contributed by atoms with E-state index in [1.807, 2.05) is 19.1 Å². The van der Waals surface area contributed by atoms with Gasteiger partial charge >= 0.3 is 11.9 Å². The van der Waals surface area contributed by atoms with E-state index in [1.54, 1.807) is 88.5 Å². The van der Waals surface area contributed by atoms with Crippen LogP contribution in [0.5, 0.6) is 17.2 Å². The third-order valence-corrected chi connectivity index (χ3v) is 14.7. The number of likely N-dealkylation sites (N-methyl/N-ethyl adjacent to an activating group) is 3. The van der Waals surface area contributed by atoms with E-state index < -0.39 is 114 Å². The number of carbonyl (C=O) groups excluding carboxylic acids is 9.